The van der Waals surface area contributed by atoms with Crippen molar-refractivity contribution in [3.05, 3.63) is 39.9 Å². The zero-order valence-corrected chi connectivity index (χ0v) is 21.9. The minimum atomic E-state index is -2.74. The summed E-state index contributed by atoms with van der Waals surface area (Å²) in [5, 5.41) is 23.1. The van der Waals surface area contributed by atoms with Crippen LogP contribution in [0, 0.1) is 23.7 Å². The van der Waals surface area contributed by atoms with E-state index in [1.807, 2.05) is 6.08 Å². The number of nitrogens with two attached hydrogens (primary N) is 1. The molecule has 1 heterocycles. The molecule has 1 aromatic rings. The first-order valence-electron chi connectivity index (χ1n) is 12.6. The van der Waals surface area contributed by atoms with Gasteiger partial charge in [0.25, 0.3) is 0 Å². The van der Waals surface area contributed by atoms with Crippen LogP contribution in [-0.4, -0.2) is 87.9 Å². The average Bonchev–Trinajstić information content (AvgIpc) is 2.84. The van der Waals surface area contributed by atoms with E-state index >= 15 is 0 Å². The van der Waals surface area contributed by atoms with Gasteiger partial charge in [-0.15, -0.1) is 0 Å². The lowest BCUT2D eigenvalue weighted by atomic mass is 9.52. The minimum absolute atomic E-state index is 0.0111. The number of halogens is 1. The van der Waals surface area contributed by atoms with Gasteiger partial charge in [0.15, 0.2) is 34.7 Å². The van der Waals surface area contributed by atoms with Gasteiger partial charge in [-0.05, 0) is 50.9 Å². The Bertz CT molecular complexity index is 1310. The summed E-state index contributed by atoms with van der Waals surface area (Å²) in [6.45, 7) is 1.79. The van der Waals surface area contributed by atoms with Crippen LogP contribution in [0.2, 0.25) is 5.02 Å². The zero-order valence-electron chi connectivity index (χ0n) is 21.1. The highest BCUT2D eigenvalue weighted by Gasteiger charge is 2.69. The smallest absolute Gasteiger partial charge is 0.235 e. The highest BCUT2D eigenvalue weighted by molar-refractivity contribution is 6.34. The SMILES string of the molecule is CN(C)[C@@H]1C(=O)C(C(N)=O)C(=O)[C@@]2(O)C(=O)C3C(=O)c4c(O)c(CN5CC=CCC5)cc(Cl)c4C[C@H]3C[C@@H]12. The van der Waals surface area contributed by atoms with Gasteiger partial charge in [0, 0.05) is 36.1 Å². The molecule has 0 aromatic heterocycles. The molecule has 1 amide bonds. The zero-order chi connectivity index (χ0) is 27.7. The second-order valence-electron chi connectivity index (χ2n) is 11.0. The van der Waals surface area contributed by atoms with Crippen molar-refractivity contribution in [3.8, 4) is 5.75 Å². The lowest BCUT2D eigenvalue weighted by molar-refractivity contribution is -0.181. The number of carbonyl (C=O) groups is 5. The lowest BCUT2D eigenvalue weighted by Gasteiger charge is -2.52. The van der Waals surface area contributed by atoms with Crippen molar-refractivity contribution in [2.24, 2.45) is 29.4 Å². The molecule has 10 nitrogen and oxygen atoms in total. The lowest BCUT2D eigenvalue weighted by Crippen LogP contribution is -2.74. The van der Waals surface area contributed by atoms with Crippen LogP contribution in [0.15, 0.2) is 18.2 Å². The van der Waals surface area contributed by atoms with Crippen molar-refractivity contribution in [2.45, 2.75) is 37.5 Å². The minimum Gasteiger partial charge on any atom is -0.507 e. The van der Waals surface area contributed by atoms with Gasteiger partial charge in [-0.3, -0.25) is 33.8 Å². The molecule has 2 unspecified atom stereocenters. The molecule has 4 aliphatic rings. The van der Waals surface area contributed by atoms with E-state index in [0.29, 0.717) is 24.2 Å². The summed E-state index contributed by atoms with van der Waals surface area (Å²) in [7, 11) is 3.09. The molecule has 3 aliphatic carbocycles. The molecule has 202 valence electrons. The first kappa shape index (κ1) is 26.7. The Hall–Kier alpha value is -2.92. The molecule has 11 heteroatoms. The number of hydrogen-bond acceptors (Lipinski definition) is 9. The van der Waals surface area contributed by atoms with E-state index in [4.69, 9.17) is 17.3 Å². The maximum Gasteiger partial charge on any atom is 0.235 e. The third-order valence-corrected chi connectivity index (χ3v) is 8.96. The van der Waals surface area contributed by atoms with Crippen LogP contribution in [-0.2, 0) is 32.1 Å². The van der Waals surface area contributed by atoms with E-state index in [2.05, 4.69) is 11.0 Å². The van der Waals surface area contributed by atoms with E-state index in [1.165, 1.54) is 4.90 Å². The van der Waals surface area contributed by atoms with Crippen LogP contribution in [0.4, 0.5) is 0 Å². The Labute approximate surface area is 224 Å². The number of carbonyl (C=O) groups excluding carboxylic acids is 5. The third kappa shape index (κ3) is 3.77. The maximum atomic E-state index is 13.9. The van der Waals surface area contributed by atoms with Gasteiger partial charge in [-0.25, -0.2) is 0 Å². The number of aromatic hydroxyl groups is 1. The summed E-state index contributed by atoms with van der Waals surface area (Å²) in [5.41, 5.74) is 3.37. The first-order valence-corrected chi connectivity index (χ1v) is 13.0. The van der Waals surface area contributed by atoms with Gasteiger partial charge in [0.2, 0.25) is 5.91 Å². The Morgan fingerprint density at radius 1 is 1.21 bits per heavy atom. The Kier molecular flexibility index (Phi) is 6.58. The van der Waals surface area contributed by atoms with E-state index in [9.17, 15) is 34.2 Å². The summed E-state index contributed by atoms with van der Waals surface area (Å²) in [6.07, 6.45) is 5.07. The number of phenolic OH excluding ortho intramolecular Hbond substituents is 1. The van der Waals surface area contributed by atoms with Crippen molar-refractivity contribution >= 4 is 40.6 Å². The monoisotopic (exact) mass is 543 g/mol. The second-order valence-corrected chi connectivity index (χ2v) is 11.4. The normalized spacial score (nSPS) is 33.2. The molecule has 4 N–H and O–H groups in total. The van der Waals surface area contributed by atoms with Crippen LogP contribution in [0.25, 0.3) is 0 Å². The van der Waals surface area contributed by atoms with Crippen molar-refractivity contribution in [2.75, 3.05) is 27.2 Å². The Balaban J connectivity index is 1.58. The van der Waals surface area contributed by atoms with Crippen molar-refractivity contribution in [3.63, 3.8) is 0 Å². The van der Waals surface area contributed by atoms with Gasteiger partial charge >= 0.3 is 0 Å². The second kappa shape index (κ2) is 9.37. The van der Waals surface area contributed by atoms with Crippen molar-refractivity contribution < 1.29 is 34.2 Å². The highest BCUT2D eigenvalue weighted by Crippen LogP contribution is 2.51. The first-order chi connectivity index (χ1) is 17.9. The fraction of sp³-hybridized carbons (Fsp3) is 0.519. The number of primary amides is 1. The van der Waals surface area contributed by atoms with Crippen LogP contribution in [0.1, 0.15) is 34.3 Å². The van der Waals surface area contributed by atoms with Gasteiger partial charge in [-0.2, -0.15) is 0 Å². The number of likely N-dealkylation sites (N-methyl/N-ethyl adjacent to an activating group) is 1. The third-order valence-electron chi connectivity index (χ3n) is 8.62. The number of phenols is 1. The van der Waals surface area contributed by atoms with Gasteiger partial charge in [-0.1, -0.05) is 23.8 Å². The van der Waals surface area contributed by atoms with Gasteiger partial charge in [0.1, 0.15) is 5.75 Å². The fourth-order valence-electron chi connectivity index (χ4n) is 6.87. The number of nitrogens with zero attached hydrogens (tertiary/aromatic N) is 2. The van der Waals surface area contributed by atoms with E-state index in [-0.39, 0.29) is 29.2 Å². The molecule has 6 atom stereocenters. The maximum absolute atomic E-state index is 13.9. The molecular formula is C27H30ClN3O7. The standard InChI is InChI=1S/C27H30ClN3O7/c1-30(2)20-15-9-12-8-14-16(28)10-13(11-31-6-4-3-5-7-31)21(32)18(14)22(33)17(12)24(35)27(15,38)25(36)19(23(20)34)26(29)37/h3-4,10,12,15,17,19-20,32,38H,5-9,11H2,1-2H3,(H2,29,37)/t12-,15-,17?,19?,20-,27-/m0/s1. The molecule has 0 spiro atoms. The molecule has 0 radical (unpaired) electrons. The predicted octanol–water partition coefficient (Wildman–Crippen LogP) is 0.282. The number of fused-ring (bicyclic) bond motifs is 3. The largest absolute Gasteiger partial charge is 0.507 e. The molecule has 38 heavy (non-hydrogen) atoms. The van der Waals surface area contributed by atoms with E-state index in [1.54, 1.807) is 20.2 Å². The summed E-state index contributed by atoms with van der Waals surface area (Å²) in [5.74, 6) is -10.6. The van der Waals surface area contributed by atoms with Crippen LogP contribution in [0.5, 0.6) is 5.75 Å². The highest BCUT2D eigenvalue weighted by atomic mass is 35.5. The van der Waals surface area contributed by atoms with Gasteiger partial charge in [0.05, 0.1) is 17.5 Å². The van der Waals surface area contributed by atoms with E-state index < -0.39 is 64.4 Å². The number of rotatable bonds is 4. The number of benzene rings is 1. The number of Topliss-reactive ketones (excluding diaryl/α,β-unsaturated/α-hetero) is 4. The molecule has 5 rings (SSSR count). The number of hydrogen-bond donors (Lipinski definition) is 3. The predicted molar refractivity (Wildman–Crippen MR) is 135 cm³/mol. The summed E-state index contributed by atoms with van der Waals surface area (Å²) in [4.78, 5) is 69.8. The molecule has 2 fully saturated rings. The summed E-state index contributed by atoms with van der Waals surface area (Å²) in [6, 6.07) is 0.498. The molecule has 0 bridgehead atoms. The van der Waals surface area contributed by atoms with Crippen LogP contribution < -0.4 is 5.73 Å². The molecule has 1 aliphatic heterocycles. The number of amides is 1. The molecule has 0 saturated heterocycles. The quantitative estimate of drug-likeness (QED) is 0.358. The van der Waals surface area contributed by atoms with Gasteiger partial charge < -0.3 is 15.9 Å². The van der Waals surface area contributed by atoms with E-state index in [0.717, 1.165) is 13.0 Å². The summed E-state index contributed by atoms with van der Waals surface area (Å²) < 4.78 is 0. The fourth-order valence-corrected chi connectivity index (χ4v) is 7.18. The van der Waals surface area contributed by atoms with Crippen molar-refractivity contribution in [1.82, 2.24) is 9.80 Å². The number of aliphatic hydroxyl groups is 1. The van der Waals surface area contributed by atoms with Crippen LogP contribution >= 0.6 is 11.6 Å². The summed E-state index contributed by atoms with van der Waals surface area (Å²) >= 11 is 6.62. The molecule has 2 saturated carbocycles. The van der Waals surface area contributed by atoms with Crippen LogP contribution in [0.3, 0.4) is 0 Å². The Morgan fingerprint density at radius 2 is 1.92 bits per heavy atom. The Morgan fingerprint density at radius 3 is 2.53 bits per heavy atom. The number of ketones is 4. The molecular weight excluding hydrogens is 514 g/mol. The average molecular weight is 544 g/mol. The molecule has 1 aromatic carbocycles. The van der Waals surface area contributed by atoms with Crippen molar-refractivity contribution in [1.29, 1.82) is 0 Å². The topological polar surface area (TPSA) is 158 Å².